The maximum absolute atomic E-state index is 12.4. The molecule has 0 spiro atoms. The van der Waals surface area contributed by atoms with Gasteiger partial charge in [0.25, 0.3) is 5.91 Å². The van der Waals surface area contributed by atoms with Crippen molar-refractivity contribution in [1.29, 1.82) is 0 Å². The van der Waals surface area contributed by atoms with Crippen LogP contribution in [-0.4, -0.2) is 60.4 Å². The predicted octanol–water partition coefficient (Wildman–Crippen LogP) is 0.631. The molecule has 2 fully saturated rings. The third-order valence-electron chi connectivity index (χ3n) is 5.83. The quantitative estimate of drug-likeness (QED) is 0.715. The molecule has 29 heavy (non-hydrogen) atoms. The molecule has 9 nitrogen and oxygen atoms in total. The van der Waals surface area contributed by atoms with Crippen molar-refractivity contribution < 1.29 is 23.9 Å². The van der Waals surface area contributed by atoms with E-state index >= 15 is 0 Å². The second-order valence-corrected chi connectivity index (χ2v) is 7.65. The van der Waals surface area contributed by atoms with Gasteiger partial charge in [-0.1, -0.05) is 0 Å². The number of hydrogen-bond acceptors (Lipinski definition) is 6. The Balaban J connectivity index is 1.41. The lowest BCUT2D eigenvalue weighted by molar-refractivity contribution is -0.143. The second kappa shape index (κ2) is 7.73. The molecule has 3 heterocycles. The minimum Gasteiger partial charge on any atom is -0.452 e. The van der Waals surface area contributed by atoms with E-state index in [-0.39, 0.29) is 17.5 Å². The zero-order chi connectivity index (χ0) is 20.5. The SMILES string of the molecule is NC(=O)[C@H]1CCCCN1C(=O)COC(=O)c1ccc2c(c1)NC(=O)[C@@H]1CCCN21. The number of benzene rings is 1. The number of carbonyl (C=O) groups is 4. The summed E-state index contributed by atoms with van der Waals surface area (Å²) in [5.74, 6) is -1.71. The smallest absolute Gasteiger partial charge is 0.338 e. The number of ether oxygens (including phenoxy) is 1. The molecule has 0 aromatic heterocycles. The lowest BCUT2D eigenvalue weighted by atomic mass is 10.0. The first-order valence-corrected chi connectivity index (χ1v) is 9.93. The van der Waals surface area contributed by atoms with Crippen molar-refractivity contribution in [2.45, 2.75) is 44.2 Å². The van der Waals surface area contributed by atoms with Crippen LogP contribution in [0.2, 0.25) is 0 Å². The molecule has 3 aliphatic heterocycles. The Morgan fingerprint density at radius 2 is 1.97 bits per heavy atom. The van der Waals surface area contributed by atoms with E-state index in [4.69, 9.17) is 10.5 Å². The van der Waals surface area contributed by atoms with Gasteiger partial charge in [-0.25, -0.2) is 4.79 Å². The van der Waals surface area contributed by atoms with Gasteiger partial charge in [-0.2, -0.15) is 0 Å². The third kappa shape index (κ3) is 3.64. The predicted molar refractivity (Wildman–Crippen MR) is 104 cm³/mol. The van der Waals surface area contributed by atoms with Crippen LogP contribution in [0.3, 0.4) is 0 Å². The summed E-state index contributed by atoms with van der Waals surface area (Å²) in [5, 5.41) is 2.85. The number of anilines is 2. The summed E-state index contributed by atoms with van der Waals surface area (Å²) >= 11 is 0. The Bertz CT molecular complexity index is 870. The van der Waals surface area contributed by atoms with Gasteiger partial charge in [0.2, 0.25) is 11.8 Å². The highest BCUT2D eigenvalue weighted by molar-refractivity contribution is 6.05. The average molecular weight is 400 g/mol. The van der Waals surface area contributed by atoms with Crippen LogP contribution in [0.15, 0.2) is 18.2 Å². The van der Waals surface area contributed by atoms with E-state index in [1.54, 1.807) is 18.2 Å². The molecule has 4 rings (SSSR count). The highest BCUT2D eigenvalue weighted by Crippen LogP contribution is 2.37. The number of piperidine rings is 1. The summed E-state index contributed by atoms with van der Waals surface area (Å²) in [6, 6.07) is 4.19. The summed E-state index contributed by atoms with van der Waals surface area (Å²) in [6.45, 7) is 0.770. The number of fused-ring (bicyclic) bond motifs is 3. The molecule has 0 saturated carbocycles. The van der Waals surface area contributed by atoms with E-state index < -0.39 is 30.4 Å². The van der Waals surface area contributed by atoms with Gasteiger partial charge in [0.05, 0.1) is 16.9 Å². The summed E-state index contributed by atoms with van der Waals surface area (Å²) < 4.78 is 5.17. The molecular formula is C20H24N4O5. The monoisotopic (exact) mass is 400 g/mol. The number of hydrogen-bond donors (Lipinski definition) is 2. The number of primary amides is 1. The Morgan fingerprint density at radius 1 is 1.14 bits per heavy atom. The molecule has 1 aromatic rings. The molecule has 154 valence electrons. The van der Waals surface area contributed by atoms with Crippen LogP contribution in [-0.2, 0) is 19.1 Å². The van der Waals surface area contributed by atoms with Gasteiger partial charge in [0, 0.05) is 13.1 Å². The largest absolute Gasteiger partial charge is 0.452 e. The molecule has 2 atom stereocenters. The maximum atomic E-state index is 12.4. The molecule has 0 unspecified atom stereocenters. The first kappa shape index (κ1) is 19.2. The van der Waals surface area contributed by atoms with Crippen molar-refractivity contribution in [3.8, 4) is 0 Å². The summed E-state index contributed by atoms with van der Waals surface area (Å²) in [7, 11) is 0. The van der Waals surface area contributed by atoms with Crippen molar-refractivity contribution >= 4 is 35.1 Å². The number of nitrogens with one attached hydrogen (secondary N) is 1. The van der Waals surface area contributed by atoms with Crippen molar-refractivity contribution in [3.63, 3.8) is 0 Å². The van der Waals surface area contributed by atoms with Gasteiger partial charge in [-0.15, -0.1) is 0 Å². The lowest BCUT2D eigenvalue weighted by Crippen LogP contribution is -2.51. The van der Waals surface area contributed by atoms with E-state index in [1.807, 2.05) is 4.90 Å². The fraction of sp³-hybridized carbons (Fsp3) is 0.500. The second-order valence-electron chi connectivity index (χ2n) is 7.65. The number of likely N-dealkylation sites (tertiary alicyclic amines) is 1. The zero-order valence-electron chi connectivity index (χ0n) is 16.1. The summed E-state index contributed by atoms with van der Waals surface area (Å²) in [4.78, 5) is 52.1. The molecule has 0 radical (unpaired) electrons. The Labute approximate surface area is 168 Å². The van der Waals surface area contributed by atoms with E-state index in [1.165, 1.54) is 4.90 Å². The van der Waals surface area contributed by atoms with Crippen LogP contribution in [0.4, 0.5) is 11.4 Å². The minimum atomic E-state index is -0.661. The van der Waals surface area contributed by atoms with Crippen molar-refractivity contribution in [1.82, 2.24) is 4.90 Å². The van der Waals surface area contributed by atoms with Gasteiger partial charge in [0.15, 0.2) is 6.61 Å². The van der Waals surface area contributed by atoms with E-state index in [0.29, 0.717) is 18.7 Å². The van der Waals surface area contributed by atoms with E-state index in [9.17, 15) is 19.2 Å². The van der Waals surface area contributed by atoms with E-state index in [2.05, 4.69) is 5.32 Å². The Morgan fingerprint density at radius 3 is 2.76 bits per heavy atom. The maximum Gasteiger partial charge on any atom is 0.338 e. The molecule has 3 amide bonds. The average Bonchev–Trinajstić information content (AvgIpc) is 3.22. The van der Waals surface area contributed by atoms with Crippen LogP contribution in [0.5, 0.6) is 0 Å². The zero-order valence-corrected chi connectivity index (χ0v) is 16.1. The van der Waals surface area contributed by atoms with Crippen molar-refractivity contribution in [3.05, 3.63) is 23.8 Å². The van der Waals surface area contributed by atoms with Gasteiger partial charge in [-0.05, 0) is 50.3 Å². The Hall–Kier alpha value is -3.10. The number of carbonyl (C=O) groups excluding carboxylic acids is 4. The molecule has 3 N–H and O–H groups in total. The standard InChI is InChI=1S/C20H24N4O5/c21-18(26)15-4-1-2-8-24(15)17(25)11-29-20(28)12-6-7-14-13(10-12)22-19(27)16-5-3-9-23(14)16/h6-7,10,15-16H,1-5,8-9,11H2,(H2,21,26)(H,22,27)/t15-,16+/m1/s1. The Kier molecular flexibility index (Phi) is 5.12. The normalized spacial score (nSPS) is 23.1. The van der Waals surface area contributed by atoms with Crippen LogP contribution >= 0.6 is 0 Å². The summed E-state index contributed by atoms with van der Waals surface area (Å²) in [5.41, 5.74) is 7.08. The highest BCUT2D eigenvalue weighted by atomic mass is 16.5. The van der Waals surface area contributed by atoms with Crippen LogP contribution in [0, 0.1) is 0 Å². The molecule has 0 aliphatic carbocycles. The van der Waals surface area contributed by atoms with Crippen LogP contribution in [0.1, 0.15) is 42.5 Å². The van der Waals surface area contributed by atoms with Gasteiger partial charge in [0.1, 0.15) is 12.1 Å². The van der Waals surface area contributed by atoms with Gasteiger partial charge in [-0.3, -0.25) is 14.4 Å². The lowest BCUT2D eigenvalue weighted by Gasteiger charge is -2.33. The first-order valence-electron chi connectivity index (χ1n) is 9.93. The molecule has 9 heteroatoms. The molecule has 1 aromatic carbocycles. The van der Waals surface area contributed by atoms with E-state index in [0.717, 1.165) is 37.9 Å². The molecule has 0 bridgehead atoms. The first-order chi connectivity index (χ1) is 14.0. The van der Waals surface area contributed by atoms with Crippen LogP contribution in [0.25, 0.3) is 0 Å². The van der Waals surface area contributed by atoms with Crippen LogP contribution < -0.4 is 16.0 Å². The highest BCUT2D eigenvalue weighted by Gasteiger charge is 2.36. The number of esters is 1. The fourth-order valence-electron chi connectivity index (χ4n) is 4.38. The number of amides is 3. The number of nitrogens with two attached hydrogens (primary N) is 1. The third-order valence-corrected chi connectivity index (χ3v) is 5.83. The minimum absolute atomic E-state index is 0.0710. The van der Waals surface area contributed by atoms with Gasteiger partial charge < -0.3 is 25.6 Å². The molecular weight excluding hydrogens is 376 g/mol. The fourth-order valence-corrected chi connectivity index (χ4v) is 4.38. The molecule has 3 aliphatic rings. The van der Waals surface area contributed by atoms with Gasteiger partial charge >= 0.3 is 5.97 Å². The topological polar surface area (TPSA) is 122 Å². The van der Waals surface area contributed by atoms with Crippen molar-refractivity contribution in [2.24, 2.45) is 5.73 Å². The molecule has 2 saturated heterocycles. The number of rotatable bonds is 4. The summed E-state index contributed by atoms with van der Waals surface area (Å²) in [6.07, 6.45) is 3.91. The van der Waals surface area contributed by atoms with Crippen molar-refractivity contribution in [2.75, 3.05) is 29.9 Å². The number of nitrogens with zero attached hydrogens (tertiary/aromatic N) is 2.